The second kappa shape index (κ2) is 7.22. The zero-order valence-electron chi connectivity index (χ0n) is 12.1. The van der Waals surface area contributed by atoms with Crippen molar-refractivity contribution in [2.75, 3.05) is 12.3 Å². The zero-order valence-corrected chi connectivity index (χ0v) is 12.1. The van der Waals surface area contributed by atoms with Crippen molar-refractivity contribution in [1.82, 2.24) is 19.5 Å². The van der Waals surface area contributed by atoms with Crippen LogP contribution in [0.1, 0.15) is 6.23 Å². The minimum Gasteiger partial charge on any atom is -0.402 e. The largest absolute Gasteiger partial charge is 0.631 e. The number of H-pyrrole nitrogens is 1. The van der Waals surface area contributed by atoms with Crippen molar-refractivity contribution in [1.29, 1.82) is 0 Å². The van der Waals surface area contributed by atoms with Crippen LogP contribution in [0.15, 0.2) is 11.1 Å². The average Bonchev–Trinajstić information content (AvgIpc) is 3.01. The Labute approximate surface area is 133 Å². The third-order valence-electron chi connectivity index (χ3n) is 3.24. The van der Waals surface area contributed by atoms with E-state index in [9.17, 15) is 15.0 Å². The fraction of sp³-hybridized carbons (Fsp3) is 0.500. The van der Waals surface area contributed by atoms with Gasteiger partial charge in [0.05, 0.1) is 12.9 Å². The van der Waals surface area contributed by atoms with Crippen molar-refractivity contribution in [2.45, 2.75) is 24.5 Å². The molecule has 1 fully saturated rings. The summed E-state index contributed by atoms with van der Waals surface area (Å²) in [5, 5.41) is 50.2. The fourth-order valence-corrected chi connectivity index (χ4v) is 2.24. The number of nitrogen functional groups attached to an aromatic ring is 1. The summed E-state index contributed by atoms with van der Waals surface area (Å²) < 4.78 is 6.64. The molecule has 24 heavy (non-hydrogen) atoms. The van der Waals surface area contributed by atoms with Gasteiger partial charge in [-0.2, -0.15) is 4.98 Å². The summed E-state index contributed by atoms with van der Waals surface area (Å²) in [7, 11) is -2.17. The zero-order chi connectivity index (χ0) is 18.0. The van der Waals surface area contributed by atoms with Gasteiger partial charge in [-0.05, 0) is 0 Å². The highest BCUT2D eigenvalue weighted by molar-refractivity contribution is 6.30. The van der Waals surface area contributed by atoms with Crippen molar-refractivity contribution >= 4 is 24.4 Å². The summed E-state index contributed by atoms with van der Waals surface area (Å²) in [6.07, 6.45) is -3.21. The van der Waals surface area contributed by atoms with E-state index in [4.69, 9.17) is 30.6 Å². The number of imidazole rings is 1. The molecule has 9 N–H and O–H groups in total. The minimum absolute atomic E-state index is 0.0388. The third kappa shape index (κ3) is 3.54. The molecule has 0 saturated carbocycles. The van der Waals surface area contributed by atoms with E-state index >= 15 is 0 Å². The predicted octanol–water partition coefficient (Wildman–Crippen LogP) is -4.74. The standard InChI is InChI=1S/C10H13N5O5.BH3O3/c11-10-13-7-4(8(19)14-10)12-2-15(7)9-6(18)5(17)3(1-16)20-9;2-1(3)4/h2-3,5-6,9,16-18H,1H2,(H3,11,13,14,19);2-4H/t3-,5-,6-,9-;/m1./s1. The molecule has 0 unspecified atom stereocenters. The lowest BCUT2D eigenvalue weighted by atomic mass is 10.1. The summed E-state index contributed by atoms with van der Waals surface area (Å²) >= 11 is 0. The Morgan fingerprint density at radius 2 is 1.96 bits per heavy atom. The molecule has 2 aromatic rings. The van der Waals surface area contributed by atoms with E-state index in [1.807, 2.05) is 0 Å². The highest BCUT2D eigenvalue weighted by Crippen LogP contribution is 2.30. The third-order valence-corrected chi connectivity index (χ3v) is 3.24. The maximum absolute atomic E-state index is 11.7. The van der Waals surface area contributed by atoms with Crippen LogP contribution in [0.4, 0.5) is 5.95 Å². The van der Waals surface area contributed by atoms with Crippen LogP contribution in [0.3, 0.4) is 0 Å². The highest BCUT2D eigenvalue weighted by atomic mass is 16.6. The Bertz CT molecular complexity index is 748. The number of aromatic nitrogens is 4. The summed E-state index contributed by atoms with van der Waals surface area (Å²) in [6.45, 7) is -0.447. The van der Waals surface area contributed by atoms with Crippen molar-refractivity contribution in [3.8, 4) is 0 Å². The minimum atomic E-state index is -2.17. The van der Waals surface area contributed by atoms with Gasteiger partial charge in [0.25, 0.3) is 5.56 Å². The highest BCUT2D eigenvalue weighted by Gasteiger charge is 2.44. The number of hydrogen-bond donors (Lipinski definition) is 8. The molecule has 1 aliphatic heterocycles. The number of nitrogens with one attached hydrogen (secondary N) is 1. The predicted molar refractivity (Wildman–Crippen MR) is 78.0 cm³/mol. The maximum atomic E-state index is 11.7. The van der Waals surface area contributed by atoms with E-state index in [2.05, 4.69) is 15.0 Å². The van der Waals surface area contributed by atoms with Crippen molar-refractivity contribution < 1.29 is 35.1 Å². The Kier molecular flexibility index (Phi) is 5.50. The summed E-state index contributed by atoms with van der Waals surface area (Å²) in [6, 6.07) is 0. The number of aromatic amines is 1. The van der Waals surface area contributed by atoms with Crippen LogP contribution >= 0.6 is 0 Å². The van der Waals surface area contributed by atoms with E-state index in [0.29, 0.717) is 0 Å². The number of fused-ring (bicyclic) bond motifs is 1. The molecule has 0 aromatic carbocycles. The van der Waals surface area contributed by atoms with Crippen LogP contribution in [0, 0.1) is 0 Å². The van der Waals surface area contributed by atoms with E-state index < -0.39 is 44.0 Å². The number of anilines is 1. The lowest BCUT2D eigenvalue weighted by Gasteiger charge is -2.16. The first-order valence-electron chi connectivity index (χ1n) is 6.65. The number of nitrogens with zero attached hydrogens (tertiary/aromatic N) is 3. The second-order valence-electron chi connectivity index (χ2n) is 4.85. The molecule has 3 heterocycles. The van der Waals surface area contributed by atoms with Crippen LogP contribution in [0.25, 0.3) is 11.2 Å². The molecule has 0 bridgehead atoms. The van der Waals surface area contributed by atoms with Gasteiger partial charge in [0, 0.05) is 0 Å². The first-order chi connectivity index (χ1) is 11.3. The Balaban J connectivity index is 0.000000471. The molecule has 3 rings (SSSR count). The van der Waals surface area contributed by atoms with Gasteiger partial charge in [-0.15, -0.1) is 0 Å². The topological polar surface area (TPSA) is 220 Å². The lowest BCUT2D eigenvalue weighted by Crippen LogP contribution is -2.33. The Hall–Kier alpha value is -2.07. The summed E-state index contributed by atoms with van der Waals surface area (Å²) in [4.78, 5) is 21.8. The maximum Gasteiger partial charge on any atom is 0.631 e. The van der Waals surface area contributed by atoms with E-state index in [1.54, 1.807) is 0 Å². The van der Waals surface area contributed by atoms with Crippen LogP contribution in [-0.2, 0) is 4.74 Å². The van der Waals surface area contributed by atoms with Crippen LogP contribution in [0.2, 0.25) is 0 Å². The smallest absolute Gasteiger partial charge is 0.402 e. The number of nitrogens with two attached hydrogens (primary N) is 1. The van der Waals surface area contributed by atoms with Gasteiger partial charge in [0.15, 0.2) is 17.4 Å². The van der Waals surface area contributed by atoms with Gasteiger partial charge < -0.3 is 40.9 Å². The first-order valence-corrected chi connectivity index (χ1v) is 6.65. The van der Waals surface area contributed by atoms with Gasteiger partial charge in [0.1, 0.15) is 18.3 Å². The van der Waals surface area contributed by atoms with Gasteiger partial charge in [0.2, 0.25) is 5.95 Å². The first kappa shape index (κ1) is 18.3. The molecule has 0 amide bonds. The van der Waals surface area contributed by atoms with Crippen molar-refractivity contribution in [3.05, 3.63) is 16.7 Å². The van der Waals surface area contributed by atoms with Crippen LogP contribution in [-0.4, -0.2) is 82.2 Å². The fourth-order valence-electron chi connectivity index (χ4n) is 2.24. The lowest BCUT2D eigenvalue weighted by molar-refractivity contribution is -0.0511. The molecule has 0 radical (unpaired) electrons. The molecule has 13 nitrogen and oxygen atoms in total. The van der Waals surface area contributed by atoms with Gasteiger partial charge in [-0.3, -0.25) is 14.3 Å². The number of rotatable bonds is 2. The Morgan fingerprint density at radius 1 is 1.33 bits per heavy atom. The summed E-state index contributed by atoms with van der Waals surface area (Å²) in [5.74, 6) is -0.101. The molecular weight excluding hydrogens is 329 g/mol. The van der Waals surface area contributed by atoms with E-state index in [-0.39, 0.29) is 17.1 Å². The monoisotopic (exact) mass is 345 g/mol. The quantitative estimate of drug-likeness (QED) is 0.241. The van der Waals surface area contributed by atoms with E-state index in [1.165, 1.54) is 10.9 Å². The number of ether oxygens (including phenoxy) is 1. The second-order valence-corrected chi connectivity index (χ2v) is 4.85. The number of aliphatic hydroxyl groups excluding tert-OH is 3. The van der Waals surface area contributed by atoms with Crippen LogP contribution < -0.4 is 11.3 Å². The molecule has 2 aromatic heterocycles. The van der Waals surface area contributed by atoms with Gasteiger partial charge >= 0.3 is 7.32 Å². The molecule has 132 valence electrons. The van der Waals surface area contributed by atoms with Gasteiger partial charge in [-0.25, -0.2) is 4.98 Å². The molecule has 1 saturated heterocycles. The number of hydrogen-bond acceptors (Lipinski definition) is 11. The van der Waals surface area contributed by atoms with Crippen LogP contribution in [0.5, 0.6) is 0 Å². The van der Waals surface area contributed by atoms with Crippen molar-refractivity contribution in [2.24, 2.45) is 0 Å². The molecule has 4 atom stereocenters. The molecule has 1 aliphatic rings. The van der Waals surface area contributed by atoms with Crippen molar-refractivity contribution in [3.63, 3.8) is 0 Å². The SMILES string of the molecule is Nc1nc2c(ncn2[C@@H]2O[C@H](CO)[C@@H](O)[C@H]2O)c(=O)[nH]1.OB(O)O. The normalized spacial score (nSPS) is 26.2. The molecule has 14 heteroatoms. The summed E-state index contributed by atoms with van der Waals surface area (Å²) in [5.41, 5.74) is 5.12. The van der Waals surface area contributed by atoms with Gasteiger partial charge in [-0.1, -0.05) is 0 Å². The van der Waals surface area contributed by atoms with E-state index in [0.717, 1.165) is 0 Å². The Morgan fingerprint density at radius 3 is 2.50 bits per heavy atom. The molecule has 0 spiro atoms. The number of aliphatic hydroxyl groups is 3. The molecular formula is C10H16BN5O8. The average molecular weight is 345 g/mol. The molecule has 0 aliphatic carbocycles.